The lowest BCUT2D eigenvalue weighted by molar-refractivity contribution is -0.128. The van der Waals surface area contributed by atoms with Gasteiger partial charge in [-0.3, -0.25) is 4.68 Å². The number of aromatic nitrogens is 2. The molecule has 0 saturated heterocycles. The van der Waals surface area contributed by atoms with Gasteiger partial charge in [-0.25, -0.2) is 4.85 Å². The molecule has 0 bridgehead atoms. The highest BCUT2D eigenvalue weighted by atomic mass is 16.1. The Balaban J connectivity index is 0.00000109. The van der Waals surface area contributed by atoms with Crippen molar-refractivity contribution in [2.75, 3.05) is 0 Å². The van der Waals surface area contributed by atoms with Crippen molar-refractivity contribution in [3.05, 3.63) is 64.8 Å². The first-order chi connectivity index (χ1) is 13.3. The lowest BCUT2D eigenvalue weighted by atomic mass is 9.53. The maximum absolute atomic E-state index is 12.8. The molecule has 140 valence electrons. The minimum absolute atomic E-state index is 0.0300. The van der Waals surface area contributed by atoms with Crippen LogP contribution in [0.5, 0.6) is 0 Å². The quantitative estimate of drug-likeness (QED) is 0.672. The molecule has 4 rings (SSSR count). The van der Waals surface area contributed by atoms with Gasteiger partial charge in [0.25, 0.3) is 0 Å². The molecule has 2 aliphatic carbocycles. The van der Waals surface area contributed by atoms with Gasteiger partial charge >= 0.3 is 0 Å². The molecule has 0 aliphatic heterocycles. The SMILES string of the molecule is [3H]C.[C-]#[N+]C1=C[C@]2(C)c3nn(C)c(-c4ccccc4)c3CC[C@H]2C(C)(C)C1=O. The maximum atomic E-state index is 12.8. The highest BCUT2D eigenvalue weighted by Gasteiger charge is 2.55. The smallest absolute Gasteiger partial charge is 0.226 e. The number of nitrogens with zero attached hydrogens (tertiary/aromatic N) is 3. The molecule has 1 heterocycles. The molecule has 4 nitrogen and oxygen atoms in total. The van der Waals surface area contributed by atoms with E-state index in [2.05, 4.69) is 23.9 Å². The first-order valence-electron chi connectivity index (χ1n) is 10.1. The van der Waals surface area contributed by atoms with E-state index in [9.17, 15) is 4.79 Å². The summed E-state index contributed by atoms with van der Waals surface area (Å²) in [4.78, 5) is 16.3. The predicted molar refractivity (Wildman–Crippen MR) is 108 cm³/mol. The molecule has 2 aliphatic rings. The summed E-state index contributed by atoms with van der Waals surface area (Å²) in [7, 11) is 3.23. The van der Waals surface area contributed by atoms with Crippen molar-refractivity contribution in [3.8, 4) is 11.3 Å². The molecule has 1 aromatic carbocycles. The summed E-state index contributed by atoms with van der Waals surface area (Å²) < 4.78 is 7.71. The van der Waals surface area contributed by atoms with E-state index in [4.69, 9.17) is 13.0 Å². The van der Waals surface area contributed by atoms with E-state index in [0.29, 0.717) is 0 Å². The number of rotatable bonds is 1. The highest BCUT2D eigenvalue weighted by Crippen LogP contribution is 2.55. The first-order valence-corrected chi connectivity index (χ1v) is 9.07. The zero-order valence-corrected chi connectivity index (χ0v) is 16.7. The number of carbonyl (C=O) groups is 1. The van der Waals surface area contributed by atoms with E-state index >= 15 is 0 Å². The van der Waals surface area contributed by atoms with Gasteiger partial charge in [0.2, 0.25) is 5.70 Å². The number of aryl methyl sites for hydroxylation is 1. The van der Waals surface area contributed by atoms with Crippen molar-refractivity contribution in [2.24, 2.45) is 18.4 Å². The Kier molecular flexibility index (Phi) is 4.07. The molecule has 1 aromatic heterocycles. The third-order valence-corrected chi connectivity index (χ3v) is 6.36. The normalized spacial score (nSPS) is 25.8. The van der Waals surface area contributed by atoms with E-state index in [1.165, 1.54) is 13.0 Å². The van der Waals surface area contributed by atoms with Gasteiger partial charge in [-0.2, -0.15) is 5.10 Å². The third-order valence-electron chi connectivity index (χ3n) is 6.36. The molecule has 0 spiro atoms. The summed E-state index contributed by atoms with van der Waals surface area (Å²) in [5.41, 5.74) is 3.90. The van der Waals surface area contributed by atoms with E-state index < -0.39 is 10.8 Å². The fourth-order valence-corrected chi connectivity index (χ4v) is 5.15. The molecule has 0 radical (unpaired) electrons. The van der Waals surface area contributed by atoms with Crippen LogP contribution in [0, 0.1) is 17.9 Å². The number of allylic oxidation sites excluding steroid dienone is 2. The Morgan fingerprint density at radius 2 is 1.96 bits per heavy atom. The molecule has 0 unspecified atom stereocenters. The zero-order valence-electron chi connectivity index (χ0n) is 17.7. The van der Waals surface area contributed by atoms with Crippen LogP contribution in [0.2, 0.25) is 0 Å². The van der Waals surface area contributed by atoms with Gasteiger partial charge < -0.3 is 4.79 Å². The van der Waals surface area contributed by atoms with E-state index in [-0.39, 0.29) is 17.4 Å². The summed E-state index contributed by atoms with van der Waals surface area (Å²) in [6.45, 7) is 13.6. The lowest BCUT2D eigenvalue weighted by Crippen LogP contribution is -2.50. The number of ketones is 1. The molecule has 0 saturated carbocycles. The lowest BCUT2D eigenvalue weighted by Gasteiger charge is -2.49. The van der Waals surface area contributed by atoms with Crippen LogP contribution in [-0.4, -0.2) is 15.6 Å². The molecule has 2 aromatic rings. The van der Waals surface area contributed by atoms with Crippen LogP contribution in [0.1, 0.15) is 47.2 Å². The van der Waals surface area contributed by atoms with Gasteiger partial charge in [0, 0.05) is 30.4 Å². The van der Waals surface area contributed by atoms with Crippen molar-refractivity contribution in [3.63, 3.8) is 0 Å². The van der Waals surface area contributed by atoms with Crippen molar-refractivity contribution >= 4 is 5.78 Å². The second kappa shape index (κ2) is 6.20. The van der Waals surface area contributed by atoms with Crippen molar-refractivity contribution in [1.82, 2.24) is 9.78 Å². The van der Waals surface area contributed by atoms with E-state index in [1.54, 1.807) is 0 Å². The fourth-order valence-electron chi connectivity index (χ4n) is 5.15. The maximum Gasteiger partial charge on any atom is 0.226 e. The summed E-state index contributed by atoms with van der Waals surface area (Å²) in [5.74, 6) is 0.122. The zero-order chi connectivity index (χ0) is 20.7. The minimum atomic E-state index is -0.550. The minimum Gasteiger partial charge on any atom is -0.307 e. The second-order valence-electron chi connectivity index (χ2n) is 8.23. The van der Waals surface area contributed by atoms with Crippen LogP contribution < -0.4 is 0 Å². The van der Waals surface area contributed by atoms with Crippen molar-refractivity contribution in [1.29, 1.82) is 0 Å². The number of hydrogen-bond donors (Lipinski definition) is 0. The van der Waals surface area contributed by atoms with Gasteiger partial charge in [0.1, 0.15) is 0 Å². The van der Waals surface area contributed by atoms with Crippen LogP contribution in [-0.2, 0) is 23.7 Å². The standard InChI is InChI=1S/C22H23N3O.CH4/c1-21(2)17-12-11-15-18(14-9-7-6-8-10-14)25(5)24-19(15)22(17,3)13-16(23-4)20(21)26;/h6-10,13,17H,11-12H2,1-3,5H3;1H4/t17-,22-;/m0./s1/i;1T. The molecule has 2 atom stereocenters. The topological polar surface area (TPSA) is 39.2 Å². The monoisotopic (exact) mass is 363 g/mol. The van der Waals surface area contributed by atoms with Crippen LogP contribution >= 0.6 is 0 Å². The number of fused-ring (bicyclic) bond motifs is 3. The average molecular weight is 363 g/mol. The average Bonchev–Trinajstić information content (AvgIpc) is 3.04. The van der Waals surface area contributed by atoms with Gasteiger partial charge in [-0.05, 0) is 18.8 Å². The van der Waals surface area contributed by atoms with Gasteiger partial charge in [0.05, 0.1) is 18.0 Å². The van der Waals surface area contributed by atoms with Gasteiger partial charge in [-0.15, -0.1) is 0 Å². The van der Waals surface area contributed by atoms with Crippen LogP contribution in [0.25, 0.3) is 16.1 Å². The first kappa shape index (κ1) is 17.7. The second-order valence-corrected chi connectivity index (χ2v) is 8.23. The summed E-state index contributed by atoms with van der Waals surface area (Å²) in [6.07, 6.45) is 3.72. The molecule has 0 fully saturated rings. The molecule has 0 amide bonds. The number of hydrogen-bond acceptors (Lipinski definition) is 2. The summed E-state index contributed by atoms with van der Waals surface area (Å²) in [6, 6.07) is 10.3. The van der Waals surface area contributed by atoms with E-state index in [0.717, 1.165) is 29.8 Å². The Labute approximate surface area is 163 Å². The van der Waals surface area contributed by atoms with Crippen molar-refractivity contribution in [2.45, 2.75) is 46.4 Å². The highest BCUT2D eigenvalue weighted by molar-refractivity contribution is 6.02. The number of Topliss-reactive ketones (excluding diaryl/α,β-unsaturated/α-hetero) is 1. The van der Waals surface area contributed by atoms with Gasteiger partial charge in [-0.1, -0.05) is 64.6 Å². The van der Waals surface area contributed by atoms with Crippen LogP contribution in [0.3, 0.4) is 0 Å². The van der Waals surface area contributed by atoms with Crippen LogP contribution in [0.15, 0.2) is 42.1 Å². The Morgan fingerprint density at radius 3 is 2.59 bits per heavy atom. The molecule has 4 heteroatoms. The number of benzene rings is 1. The summed E-state index contributed by atoms with van der Waals surface area (Å²) in [5, 5.41) is 4.90. The van der Waals surface area contributed by atoms with Crippen LogP contribution in [0.4, 0.5) is 0 Å². The van der Waals surface area contributed by atoms with Crippen molar-refractivity contribution < 1.29 is 6.17 Å². The van der Waals surface area contributed by atoms with E-state index in [1.807, 2.05) is 49.9 Å². The molecule has 0 N–H and O–H groups in total. The molecular formula is C23H27N3O. The summed E-state index contributed by atoms with van der Waals surface area (Å²) >= 11 is 0. The Bertz CT molecular complexity index is 981. The number of carbonyl (C=O) groups excluding carboxylic acids is 1. The fraction of sp³-hybridized carbons (Fsp3) is 0.435. The van der Waals surface area contributed by atoms with Gasteiger partial charge in [0.15, 0.2) is 5.78 Å². The molecular weight excluding hydrogens is 334 g/mol. The Morgan fingerprint density at radius 1 is 1.30 bits per heavy atom. The third kappa shape index (κ3) is 2.49. The predicted octanol–water partition coefficient (Wildman–Crippen LogP) is 4.96. The Hall–Kier alpha value is -2.67. The largest absolute Gasteiger partial charge is 0.307 e. The molecule has 27 heavy (non-hydrogen) atoms.